The van der Waals surface area contributed by atoms with Gasteiger partial charge in [-0.2, -0.15) is 0 Å². The largest absolute Gasteiger partial charge is 0.465 e. The van der Waals surface area contributed by atoms with E-state index in [1.165, 1.54) is 0 Å². The standard InChI is InChI=1S/C25H28N4O5/c1-3-33-25(32)21-5-4-14-29(21)28-23(30)16(2)15-17-6-8-19(9-7-17)24(31)34-20-12-10-18(11-13-20)22(26)27/h6-13,15,21H,3-5,14H2,1-2H3,(H3,26,27)(H,28,30). The fourth-order valence-corrected chi connectivity index (χ4v) is 3.50. The molecule has 0 radical (unpaired) electrons. The zero-order valence-corrected chi connectivity index (χ0v) is 19.2. The van der Waals surface area contributed by atoms with Crippen molar-refractivity contribution < 1.29 is 23.9 Å². The second-order valence-electron chi connectivity index (χ2n) is 7.82. The van der Waals surface area contributed by atoms with Gasteiger partial charge in [0.15, 0.2) is 0 Å². The van der Waals surface area contributed by atoms with Crippen LogP contribution in [-0.2, 0) is 14.3 Å². The summed E-state index contributed by atoms with van der Waals surface area (Å²) in [6, 6.07) is 12.5. The van der Waals surface area contributed by atoms with Crippen LogP contribution in [0.1, 0.15) is 48.2 Å². The number of nitrogens with zero attached hydrogens (tertiary/aromatic N) is 1. The maximum atomic E-state index is 12.6. The van der Waals surface area contributed by atoms with E-state index in [4.69, 9.17) is 20.6 Å². The van der Waals surface area contributed by atoms with Crippen LogP contribution in [0.5, 0.6) is 5.75 Å². The van der Waals surface area contributed by atoms with Gasteiger partial charge in [-0.1, -0.05) is 12.1 Å². The summed E-state index contributed by atoms with van der Waals surface area (Å²) in [5, 5.41) is 9.02. The first-order chi connectivity index (χ1) is 16.3. The van der Waals surface area contributed by atoms with Crippen molar-refractivity contribution in [3.63, 3.8) is 0 Å². The highest BCUT2D eigenvalue weighted by Crippen LogP contribution is 2.18. The van der Waals surface area contributed by atoms with E-state index in [1.807, 2.05) is 0 Å². The number of hydrazine groups is 1. The third-order valence-corrected chi connectivity index (χ3v) is 5.32. The molecule has 1 atom stereocenters. The fraction of sp³-hybridized carbons (Fsp3) is 0.280. The van der Waals surface area contributed by atoms with E-state index >= 15 is 0 Å². The Kier molecular flexibility index (Phi) is 8.15. The van der Waals surface area contributed by atoms with Gasteiger partial charge in [0.25, 0.3) is 5.91 Å². The first-order valence-electron chi connectivity index (χ1n) is 11.0. The molecule has 1 saturated heterocycles. The number of hydrogen-bond acceptors (Lipinski definition) is 7. The highest BCUT2D eigenvalue weighted by molar-refractivity contribution is 5.97. The monoisotopic (exact) mass is 464 g/mol. The zero-order chi connectivity index (χ0) is 24.7. The molecule has 2 aromatic carbocycles. The molecular formula is C25H28N4O5. The quantitative estimate of drug-likeness (QED) is 0.180. The molecule has 1 aliphatic heterocycles. The molecule has 1 amide bonds. The Bertz CT molecular complexity index is 1090. The van der Waals surface area contributed by atoms with Gasteiger partial charge in [-0.25, -0.2) is 9.80 Å². The molecule has 4 N–H and O–H groups in total. The summed E-state index contributed by atoms with van der Waals surface area (Å²) < 4.78 is 10.4. The average molecular weight is 465 g/mol. The van der Waals surface area contributed by atoms with Gasteiger partial charge in [-0.15, -0.1) is 0 Å². The number of esters is 2. The van der Waals surface area contributed by atoms with E-state index in [2.05, 4.69) is 5.43 Å². The SMILES string of the molecule is CCOC(=O)C1CCCN1NC(=O)C(C)=Cc1ccc(C(=O)Oc2ccc(C(=N)N)cc2)cc1. The number of nitrogens with two attached hydrogens (primary N) is 1. The molecule has 34 heavy (non-hydrogen) atoms. The predicted molar refractivity (Wildman–Crippen MR) is 127 cm³/mol. The molecule has 1 aliphatic rings. The Labute approximate surface area is 198 Å². The van der Waals surface area contributed by atoms with E-state index in [0.717, 1.165) is 12.0 Å². The highest BCUT2D eigenvalue weighted by atomic mass is 16.5. The molecule has 0 bridgehead atoms. The third kappa shape index (κ3) is 6.29. The summed E-state index contributed by atoms with van der Waals surface area (Å²) >= 11 is 0. The second kappa shape index (κ2) is 11.2. The number of amidine groups is 1. The lowest BCUT2D eigenvalue weighted by molar-refractivity contribution is -0.150. The zero-order valence-electron chi connectivity index (χ0n) is 19.2. The van der Waals surface area contributed by atoms with E-state index in [0.29, 0.717) is 42.0 Å². The first kappa shape index (κ1) is 24.7. The van der Waals surface area contributed by atoms with E-state index in [1.54, 1.807) is 73.5 Å². The minimum Gasteiger partial charge on any atom is -0.465 e. The molecular weight excluding hydrogens is 436 g/mol. The lowest BCUT2D eigenvalue weighted by Crippen LogP contribution is -2.49. The molecule has 9 heteroatoms. The summed E-state index contributed by atoms with van der Waals surface area (Å²) in [4.78, 5) is 37.1. The normalized spacial score (nSPS) is 16.1. The Morgan fingerprint density at radius 3 is 2.38 bits per heavy atom. The van der Waals surface area contributed by atoms with Crippen LogP contribution in [0.25, 0.3) is 6.08 Å². The van der Waals surface area contributed by atoms with Crippen molar-refractivity contribution >= 4 is 29.8 Å². The van der Waals surface area contributed by atoms with Crippen molar-refractivity contribution in [2.45, 2.75) is 32.7 Å². The summed E-state index contributed by atoms with van der Waals surface area (Å²) in [7, 11) is 0. The van der Waals surface area contributed by atoms with Gasteiger partial charge >= 0.3 is 11.9 Å². The summed E-state index contributed by atoms with van der Waals surface area (Å²) in [5.74, 6) is -0.897. The van der Waals surface area contributed by atoms with Gasteiger partial charge in [0.05, 0.1) is 12.2 Å². The fourth-order valence-electron chi connectivity index (χ4n) is 3.50. The van der Waals surface area contributed by atoms with Crippen LogP contribution in [0.4, 0.5) is 0 Å². The topological polar surface area (TPSA) is 135 Å². The maximum Gasteiger partial charge on any atom is 0.343 e. The van der Waals surface area contributed by atoms with E-state index in [9.17, 15) is 14.4 Å². The number of rotatable bonds is 8. The molecule has 2 aromatic rings. The molecule has 0 aromatic heterocycles. The Balaban J connectivity index is 1.59. The van der Waals surface area contributed by atoms with Crippen molar-refractivity contribution in [3.05, 3.63) is 70.8 Å². The number of nitrogens with one attached hydrogen (secondary N) is 2. The van der Waals surface area contributed by atoms with Crippen molar-refractivity contribution in [1.82, 2.24) is 10.4 Å². The van der Waals surface area contributed by atoms with Gasteiger partial charge in [0.2, 0.25) is 0 Å². The van der Waals surface area contributed by atoms with Crippen molar-refractivity contribution in [1.29, 1.82) is 5.41 Å². The van der Waals surface area contributed by atoms with Gasteiger partial charge in [0.1, 0.15) is 17.6 Å². The lowest BCUT2D eigenvalue weighted by atomic mass is 10.1. The smallest absolute Gasteiger partial charge is 0.343 e. The van der Waals surface area contributed by atoms with E-state index < -0.39 is 12.0 Å². The predicted octanol–water partition coefficient (Wildman–Crippen LogP) is 2.65. The summed E-state index contributed by atoms with van der Waals surface area (Å²) in [5.41, 5.74) is 10.3. The van der Waals surface area contributed by atoms with Crippen LogP contribution in [0, 0.1) is 5.41 Å². The van der Waals surface area contributed by atoms with Crippen molar-refractivity contribution in [2.75, 3.05) is 13.2 Å². The Hall–Kier alpha value is -3.98. The molecule has 9 nitrogen and oxygen atoms in total. The van der Waals surface area contributed by atoms with Crippen LogP contribution >= 0.6 is 0 Å². The van der Waals surface area contributed by atoms with Crippen LogP contribution in [-0.4, -0.2) is 47.9 Å². The van der Waals surface area contributed by atoms with Crippen LogP contribution in [0.15, 0.2) is 54.1 Å². The minimum atomic E-state index is -0.528. The molecule has 178 valence electrons. The lowest BCUT2D eigenvalue weighted by Gasteiger charge is -2.23. The number of nitrogen functional groups attached to an aromatic ring is 1. The van der Waals surface area contributed by atoms with Crippen LogP contribution in [0.3, 0.4) is 0 Å². The number of hydrogen-bond donors (Lipinski definition) is 3. The number of ether oxygens (including phenoxy) is 2. The number of carbonyl (C=O) groups is 3. The number of amides is 1. The van der Waals surface area contributed by atoms with E-state index in [-0.39, 0.29) is 17.7 Å². The third-order valence-electron chi connectivity index (χ3n) is 5.32. The molecule has 1 fully saturated rings. The molecule has 0 spiro atoms. The summed E-state index contributed by atoms with van der Waals surface area (Å²) in [6.45, 7) is 4.31. The van der Waals surface area contributed by atoms with Gasteiger partial charge in [0, 0.05) is 17.7 Å². The molecule has 3 rings (SSSR count). The number of carbonyl (C=O) groups excluding carboxylic acids is 3. The van der Waals surface area contributed by atoms with Gasteiger partial charge in [-0.3, -0.25) is 20.4 Å². The first-order valence-corrected chi connectivity index (χ1v) is 11.0. The highest BCUT2D eigenvalue weighted by Gasteiger charge is 2.33. The van der Waals surface area contributed by atoms with Crippen molar-refractivity contribution in [3.8, 4) is 5.75 Å². The molecule has 0 saturated carbocycles. The van der Waals surface area contributed by atoms with Crippen molar-refractivity contribution in [2.24, 2.45) is 5.73 Å². The Morgan fingerprint density at radius 2 is 1.76 bits per heavy atom. The van der Waals surface area contributed by atoms with Crippen LogP contribution < -0.4 is 15.9 Å². The van der Waals surface area contributed by atoms with Crippen LogP contribution in [0.2, 0.25) is 0 Å². The van der Waals surface area contributed by atoms with Gasteiger partial charge in [-0.05, 0) is 74.7 Å². The average Bonchev–Trinajstić information content (AvgIpc) is 3.28. The molecule has 0 aliphatic carbocycles. The molecule has 1 heterocycles. The number of benzene rings is 2. The second-order valence-corrected chi connectivity index (χ2v) is 7.82. The maximum absolute atomic E-state index is 12.6. The summed E-state index contributed by atoms with van der Waals surface area (Å²) in [6.07, 6.45) is 3.13. The molecule has 1 unspecified atom stereocenters. The van der Waals surface area contributed by atoms with Gasteiger partial charge < -0.3 is 15.2 Å². The minimum absolute atomic E-state index is 0.0651. The Morgan fingerprint density at radius 1 is 1.12 bits per heavy atom.